The van der Waals surface area contributed by atoms with E-state index in [4.69, 9.17) is 14.2 Å². The Morgan fingerprint density at radius 1 is 0.351 bits per heavy atom. The highest BCUT2D eigenvalue weighted by molar-refractivity contribution is 5.71. The summed E-state index contributed by atoms with van der Waals surface area (Å²) in [5.41, 5.74) is 0. The summed E-state index contributed by atoms with van der Waals surface area (Å²) in [6.07, 6.45) is 53.8. The summed E-state index contributed by atoms with van der Waals surface area (Å²) in [4.78, 5) is 37.8. The van der Waals surface area contributed by atoms with E-state index in [-0.39, 0.29) is 37.5 Å². The fraction of sp³-hybridized carbons (Fsp3) is 0.784. The third-order valence-corrected chi connectivity index (χ3v) is 10.3. The van der Waals surface area contributed by atoms with E-state index in [1.165, 1.54) is 128 Å². The molecule has 0 radical (unpaired) electrons. The van der Waals surface area contributed by atoms with Crippen LogP contribution in [0.1, 0.15) is 239 Å². The molecule has 0 bridgehead atoms. The van der Waals surface area contributed by atoms with E-state index in [1.54, 1.807) is 0 Å². The van der Waals surface area contributed by atoms with Crippen LogP contribution in [0.3, 0.4) is 0 Å². The molecule has 0 aliphatic carbocycles. The van der Waals surface area contributed by atoms with Crippen molar-refractivity contribution in [1.29, 1.82) is 0 Å². The first-order valence-electron chi connectivity index (χ1n) is 24.1. The van der Waals surface area contributed by atoms with Crippen LogP contribution in [0, 0.1) is 0 Å². The number of carbonyl (C=O) groups is 3. The molecule has 0 aliphatic heterocycles. The SMILES string of the molecule is CCCCC/C=C\C/C=C\C/C=C\C/C=C\CCCC(=O)OCC(COC(=O)CCCCCCCCCCCCC)OC(=O)CCCCCCCCCCCCC. The van der Waals surface area contributed by atoms with Crippen LogP contribution in [-0.2, 0) is 28.6 Å². The topological polar surface area (TPSA) is 78.9 Å². The molecular formula is C51H90O6. The lowest BCUT2D eigenvalue weighted by Crippen LogP contribution is -2.30. The average Bonchev–Trinajstić information content (AvgIpc) is 3.21. The Morgan fingerprint density at radius 3 is 1.05 bits per heavy atom. The van der Waals surface area contributed by atoms with E-state index in [0.29, 0.717) is 19.3 Å². The van der Waals surface area contributed by atoms with Crippen molar-refractivity contribution >= 4 is 17.9 Å². The summed E-state index contributed by atoms with van der Waals surface area (Å²) in [6.45, 7) is 6.55. The van der Waals surface area contributed by atoms with E-state index < -0.39 is 6.10 Å². The van der Waals surface area contributed by atoms with Gasteiger partial charge in [-0.2, -0.15) is 0 Å². The van der Waals surface area contributed by atoms with E-state index in [1.807, 2.05) is 0 Å². The molecule has 1 unspecified atom stereocenters. The van der Waals surface area contributed by atoms with Gasteiger partial charge in [0.2, 0.25) is 0 Å². The van der Waals surface area contributed by atoms with Crippen molar-refractivity contribution in [3.63, 3.8) is 0 Å². The molecule has 57 heavy (non-hydrogen) atoms. The molecule has 0 aromatic heterocycles. The summed E-state index contributed by atoms with van der Waals surface area (Å²) >= 11 is 0. The van der Waals surface area contributed by atoms with E-state index in [2.05, 4.69) is 69.4 Å². The Morgan fingerprint density at radius 2 is 0.649 bits per heavy atom. The predicted octanol–water partition coefficient (Wildman–Crippen LogP) is 15.5. The molecule has 0 aromatic rings. The molecule has 6 nitrogen and oxygen atoms in total. The molecule has 6 heteroatoms. The van der Waals surface area contributed by atoms with Crippen LogP contribution in [0.15, 0.2) is 48.6 Å². The first kappa shape index (κ1) is 54.4. The van der Waals surface area contributed by atoms with Crippen molar-refractivity contribution in [2.24, 2.45) is 0 Å². The highest BCUT2D eigenvalue weighted by atomic mass is 16.6. The zero-order chi connectivity index (χ0) is 41.5. The number of ether oxygens (including phenoxy) is 3. The van der Waals surface area contributed by atoms with Crippen molar-refractivity contribution in [2.75, 3.05) is 13.2 Å². The van der Waals surface area contributed by atoms with Crippen LogP contribution >= 0.6 is 0 Å². The number of hydrogen-bond donors (Lipinski definition) is 0. The van der Waals surface area contributed by atoms with E-state index in [0.717, 1.165) is 64.2 Å². The summed E-state index contributed by atoms with van der Waals surface area (Å²) in [5, 5.41) is 0. The largest absolute Gasteiger partial charge is 0.462 e. The molecule has 0 aromatic carbocycles. The molecule has 330 valence electrons. The maximum absolute atomic E-state index is 12.7. The number of hydrogen-bond acceptors (Lipinski definition) is 6. The second-order valence-corrected chi connectivity index (χ2v) is 16.0. The number of allylic oxidation sites excluding steroid dienone is 8. The minimum atomic E-state index is -0.788. The Bertz CT molecular complexity index is 1010. The first-order valence-corrected chi connectivity index (χ1v) is 24.1. The standard InChI is InChI=1S/C51H90O6/c1-4-7-10-13-16-19-22-23-24-25-26-27-30-32-35-38-41-44-50(53)56-47-48(57-51(54)45-42-39-36-33-29-21-18-15-12-9-6-3)46-55-49(52)43-40-37-34-31-28-20-17-14-11-8-5-2/h16,19,23-24,26-27,32,35,48H,4-15,17-18,20-22,25,28-31,33-34,36-47H2,1-3H3/b19-16-,24-23-,27-26-,35-32-. The normalized spacial score (nSPS) is 12.4. The number of unbranched alkanes of at least 4 members (excludes halogenated alkanes) is 24. The van der Waals surface area contributed by atoms with Gasteiger partial charge in [0.1, 0.15) is 13.2 Å². The highest BCUT2D eigenvalue weighted by Crippen LogP contribution is 2.14. The zero-order valence-corrected chi connectivity index (χ0v) is 37.6. The minimum Gasteiger partial charge on any atom is -0.462 e. The van der Waals surface area contributed by atoms with Gasteiger partial charge < -0.3 is 14.2 Å². The van der Waals surface area contributed by atoms with Gasteiger partial charge in [-0.15, -0.1) is 0 Å². The van der Waals surface area contributed by atoms with Gasteiger partial charge in [-0.25, -0.2) is 0 Å². The monoisotopic (exact) mass is 799 g/mol. The van der Waals surface area contributed by atoms with Gasteiger partial charge in [0, 0.05) is 19.3 Å². The van der Waals surface area contributed by atoms with Gasteiger partial charge in [0.15, 0.2) is 6.10 Å². The fourth-order valence-corrected chi connectivity index (χ4v) is 6.67. The molecule has 1 atom stereocenters. The highest BCUT2D eigenvalue weighted by Gasteiger charge is 2.19. The average molecular weight is 799 g/mol. The Labute approximate surface area is 352 Å². The smallest absolute Gasteiger partial charge is 0.306 e. The molecular weight excluding hydrogens is 709 g/mol. The van der Waals surface area contributed by atoms with Gasteiger partial charge in [0.05, 0.1) is 0 Å². The maximum Gasteiger partial charge on any atom is 0.306 e. The fourth-order valence-electron chi connectivity index (χ4n) is 6.67. The van der Waals surface area contributed by atoms with Crippen molar-refractivity contribution in [3.8, 4) is 0 Å². The predicted molar refractivity (Wildman–Crippen MR) is 242 cm³/mol. The van der Waals surface area contributed by atoms with Crippen molar-refractivity contribution in [2.45, 2.75) is 245 Å². The van der Waals surface area contributed by atoms with Gasteiger partial charge in [-0.3, -0.25) is 14.4 Å². The van der Waals surface area contributed by atoms with Crippen LogP contribution in [0.5, 0.6) is 0 Å². The summed E-state index contributed by atoms with van der Waals surface area (Å²) in [5.74, 6) is -0.943. The lowest BCUT2D eigenvalue weighted by molar-refractivity contribution is -0.167. The van der Waals surface area contributed by atoms with Crippen molar-refractivity contribution < 1.29 is 28.6 Å². The lowest BCUT2D eigenvalue weighted by atomic mass is 10.1. The van der Waals surface area contributed by atoms with Crippen LogP contribution in [0.25, 0.3) is 0 Å². The number of carbonyl (C=O) groups excluding carboxylic acids is 3. The van der Waals surface area contributed by atoms with Crippen LogP contribution < -0.4 is 0 Å². The second-order valence-electron chi connectivity index (χ2n) is 16.0. The summed E-state index contributed by atoms with van der Waals surface area (Å²) in [7, 11) is 0. The van der Waals surface area contributed by atoms with Crippen LogP contribution in [0.4, 0.5) is 0 Å². The third-order valence-electron chi connectivity index (χ3n) is 10.3. The van der Waals surface area contributed by atoms with Crippen molar-refractivity contribution in [1.82, 2.24) is 0 Å². The van der Waals surface area contributed by atoms with Gasteiger partial charge in [0.25, 0.3) is 0 Å². The van der Waals surface area contributed by atoms with Gasteiger partial charge in [-0.05, 0) is 57.8 Å². The number of rotatable bonds is 43. The molecule has 0 saturated carbocycles. The quantitative estimate of drug-likeness (QED) is 0.0265. The van der Waals surface area contributed by atoms with Crippen molar-refractivity contribution in [3.05, 3.63) is 48.6 Å². The molecule has 0 heterocycles. The lowest BCUT2D eigenvalue weighted by Gasteiger charge is -2.18. The number of esters is 3. The molecule has 0 saturated heterocycles. The van der Waals surface area contributed by atoms with Crippen LogP contribution in [0.2, 0.25) is 0 Å². The van der Waals surface area contributed by atoms with Crippen LogP contribution in [-0.4, -0.2) is 37.2 Å². The zero-order valence-electron chi connectivity index (χ0n) is 37.6. The summed E-state index contributed by atoms with van der Waals surface area (Å²) < 4.78 is 16.7. The first-order chi connectivity index (χ1) is 28.0. The van der Waals surface area contributed by atoms with Gasteiger partial charge >= 0.3 is 17.9 Å². The van der Waals surface area contributed by atoms with E-state index >= 15 is 0 Å². The molecule has 0 aliphatic rings. The Hall–Kier alpha value is -2.63. The molecule has 0 fully saturated rings. The minimum absolute atomic E-state index is 0.0869. The van der Waals surface area contributed by atoms with Gasteiger partial charge in [-0.1, -0.05) is 211 Å². The molecule has 0 N–H and O–H groups in total. The molecule has 0 amide bonds. The third kappa shape index (κ3) is 44.3. The van der Waals surface area contributed by atoms with E-state index in [9.17, 15) is 14.4 Å². The molecule has 0 rings (SSSR count). The maximum atomic E-state index is 12.7. The second kappa shape index (κ2) is 46.1. The Kier molecular flexibility index (Phi) is 43.9. The molecule has 0 spiro atoms. The summed E-state index contributed by atoms with van der Waals surface area (Å²) in [6, 6.07) is 0. The Balaban J connectivity index is 4.43.